The molecule has 1 aliphatic carbocycles. The molecule has 1 saturated carbocycles. The van der Waals surface area contributed by atoms with Crippen LogP contribution in [-0.2, 0) is 9.59 Å². The van der Waals surface area contributed by atoms with Gasteiger partial charge >= 0.3 is 11.8 Å². The Hall–Kier alpha value is -1.06. The van der Waals surface area contributed by atoms with Gasteiger partial charge in [0.25, 0.3) is 0 Å². The van der Waals surface area contributed by atoms with Gasteiger partial charge in [-0.3, -0.25) is 9.59 Å². The Morgan fingerprint density at radius 3 is 2.33 bits per heavy atom. The topological polar surface area (TPSA) is 49.4 Å². The molecule has 2 rings (SSSR count). The van der Waals surface area contributed by atoms with E-state index in [9.17, 15) is 9.59 Å². The van der Waals surface area contributed by atoms with Crippen LogP contribution in [0.2, 0.25) is 0 Å². The van der Waals surface area contributed by atoms with E-state index in [2.05, 4.69) is 12.2 Å². The highest BCUT2D eigenvalue weighted by atomic mass is 16.2. The molecule has 1 heterocycles. The number of carbonyl (C=O) groups excluding carboxylic acids is 2. The lowest BCUT2D eigenvalue weighted by Gasteiger charge is -2.31. The van der Waals surface area contributed by atoms with Crippen molar-refractivity contribution in [2.24, 2.45) is 5.92 Å². The van der Waals surface area contributed by atoms with E-state index < -0.39 is 5.91 Å². The summed E-state index contributed by atoms with van der Waals surface area (Å²) in [6.07, 6.45) is 7.80. The zero-order valence-corrected chi connectivity index (χ0v) is 11.3. The number of piperidine rings is 1. The minimum absolute atomic E-state index is 0.194. The second-order valence-electron chi connectivity index (χ2n) is 5.69. The average molecular weight is 252 g/mol. The van der Waals surface area contributed by atoms with Gasteiger partial charge in [-0.2, -0.15) is 0 Å². The van der Waals surface area contributed by atoms with Crippen LogP contribution in [0, 0.1) is 5.92 Å². The lowest BCUT2D eigenvalue weighted by atomic mass is 9.86. The predicted octanol–water partition coefficient (Wildman–Crippen LogP) is 1.69. The molecule has 0 aromatic rings. The number of nitrogens with one attached hydrogen (secondary N) is 1. The molecule has 2 fully saturated rings. The van der Waals surface area contributed by atoms with E-state index in [1.165, 1.54) is 12.8 Å². The van der Waals surface area contributed by atoms with E-state index in [1.807, 2.05) is 0 Å². The van der Waals surface area contributed by atoms with Gasteiger partial charge in [0.1, 0.15) is 0 Å². The number of likely N-dealkylation sites (tertiary alicyclic amines) is 1. The van der Waals surface area contributed by atoms with Crippen LogP contribution >= 0.6 is 0 Å². The van der Waals surface area contributed by atoms with Crippen molar-refractivity contribution in [3.63, 3.8) is 0 Å². The third-order valence-corrected chi connectivity index (χ3v) is 4.27. The predicted molar refractivity (Wildman–Crippen MR) is 70.0 cm³/mol. The van der Waals surface area contributed by atoms with Crippen molar-refractivity contribution in [1.29, 1.82) is 0 Å². The van der Waals surface area contributed by atoms with Gasteiger partial charge in [-0.15, -0.1) is 0 Å². The van der Waals surface area contributed by atoms with Crippen molar-refractivity contribution in [2.75, 3.05) is 13.1 Å². The first kappa shape index (κ1) is 13.4. The number of hydrogen-bond donors (Lipinski definition) is 1. The molecule has 2 amide bonds. The first-order valence-corrected chi connectivity index (χ1v) is 7.28. The van der Waals surface area contributed by atoms with Gasteiger partial charge in [-0.1, -0.05) is 19.8 Å². The number of rotatable bonds is 1. The van der Waals surface area contributed by atoms with Crippen molar-refractivity contribution >= 4 is 11.8 Å². The van der Waals surface area contributed by atoms with Crippen LogP contribution in [0.25, 0.3) is 0 Å². The number of hydrogen-bond acceptors (Lipinski definition) is 2. The smallest absolute Gasteiger partial charge is 0.311 e. The molecule has 4 heteroatoms. The van der Waals surface area contributed by atoms with Crippen LogP contribution in [-0.4, -0.2) is 35.8 Å². The zero-order valence-electron chi connectivity index (χ0n) is 11.3. The van der Waals surface area contributed by atoms with E-state index in [4.69, 9.17) is 0 Å². The molecule has 2 aliphatic rings. The molecule has 18 heavy (non-hydrogen) atoms. The normalized spacial score (nSPS) is 28.8. The Morgan fingerprint density at radius 1 is 1.00 bits per heavy atom. The van der Waals surface area contributed by atoms with E-state index in [0.29, 0.717) is 5.92 Å². The molecular formula is C14H24N2O2. The van der Waals surface area contributed by atoms with Crippen LogP contribution in [0.1, 0.15) is 51.9 Å². The van der Waals surface area contributed by atoms with E-state index in [1.54, 1.807) is 4.90 Å². The Bertz CT molecular complexity index is 311. The minimum Gasteiger partial charge on any atom is -0.345 e. The maximum atomic E-state index is 12.0. The van der Waals surface area contributed by atoms with Crippen molar-refractivity contribution < 1.29 is 9.59 Å². The van der Waals surface area contributed by atoms with Crippen molar-refractivity contribution in [3.8, 4) is 0 Å². The zero-order chi connectivity index (χ0) is 13.0. The van der Waals surface area contributed by atoms with Crippen molar-refractivity contribution in [3.05, 3.63) is 0 Å². The molecule has 1 aliphatic heterocycles. The van der Waals surface area contributed by atoms with Crippen molar-refractivity contribution in [2.45, 2.75) is 57.9 Å². The molecule has 0 bridgehead atoms. The standard InChI is InChI=1S/C14H24N2O2/c1-11-7-3-4-8-12(11)15-13(17)14(18)16-9-5-2-6-10-16/h11-12H,2-10H2,1H3,(H,15,17). The molecule has 0 spiro atoms. The second-order valence-corrected chi connectivity index (χ2v) is 5.69. The van der Waals surface area contributed by atoms with Crippen LogP contribution in [0.5, 0.6) is 0 Å². The maximum Gasteiger partial charge on any atom is 0.311 e. The van der Waals surface area contributed by atoms with Gasteiger partial charge in [0.15, 0.2) is 0 Å². The van der Waals surface area contributed by atoms with Crippen LogP contribution in [0.4, 0.5) is 0 Å². The van der Waals surface area contributed by atoms with Gasteiger partial charge in [0.05, 0.1) is 0 Å². The summed E-state index contributed by atoms with van der Waals surface area (Å²) in [5.74, 6) is -0.222. The number of nitrogens with zero attached hydrogens (tertiary/aromatic N) is 1. The molecule has 1 saturated heterocycles. The Balaban J connectivity index is 1.84. The van der Waals surface area contributed by atoms with Gasteiger partial charge in [0.2, 0.25) is 0 Å². The fraction of sp³-hybridized carbons (Fsp3) is 0.857. The highest BCUT2D eigenvalue weighted by Gasteiger charge is 2.28. The summed E-state index contributed by atoms with van der Waals surface area (Å²) in [4.78, 5) is 25.6. The van der Waals surface area contributed by atoms with Gasteiger partial charge in [-0.05, 0) is 38.0 Å². The van der Waals surface area contributed by atoms with Crippen LogP contribution in [0.15, 0.2) is 0 Å². The lowest BCUT2D eigenvalue weighted by molar-refractivity contribution is -0.147. The fourth-order valence-corrected chi connectivity index (χ4v) is 3.00. The Morgan fingerprint density at radius 2 is 1.67 bits per heavy atom. The quantitative estimate of drug-likeness (QED) is 0.722. The molecular weight excluding hydrogens is 228 g/mol. The maximum absolute atomic E-state index is 12.0. The first-order valence-electron chi connectivity index (χ1n) is 7.28. The summed E-state index contributed by atoms with van der Waals surface area (Å²) in [6.45, 7) is 3.65. The molecule has 0 aromatic carbocycles. The highest BCUT2D eigenvalue weighted by Crippen LogP contribution is 2.23. The number of carbonyl (C=O) groups is 2. The average Bonchev–Trinajstić information content (AvgIpc) is 2.41. The minimum atomic E-state index is -0.393. The van der Waals surface area contributed by atoms with E-state index in [0.717, 1.165) is 45.2 Å². The summed E-state index contributed by atoms with van der Waals surface area (Å²) in [7, 11) is 0. The van der Waals surface area contributed by atoms with Crippen LogP contribution < -0.4 is 5.32 Å². The third kappa shape index (κ3) is 3.24. The lowest BCUT2D eigenvalue weighted by Crippen LogP contribution is -2.50. The summed E-state index contributed by atoms with van der Waals surface area (Å²) >= 11 is 0. The summed E-state index contributed by atoms with van der Waals surface area (Å²) in [5.41, 5.74) is 0. The molecule has 1 N–H and O–H groups in total. The summed E-state index contributed by atoms with van der Waals surface area (Å²) in [5, 5.41) is 2.94. The summed E-state index contributed by atoms with van der Waals surface area (Å²) in [6, 6.07) is 0.194. The van der Waals surface area contributed by atoms with E-state index >= 15 is 0 Å². The first-order chi connectivity index (χ1) is 8.68. The van der Waals surface area contributed by atoms with Gasteiger partial charge < -0.3 is 10.2 Å². The second kappa shape index (κ2) is 6.21. The fourth-order valence-electron chi connectivity index (χ4n) is 3.00. The molecule has 2 atom stereocenters. The molecule has 2 unspecified atom stereocenters. The van der Waals surface area contributed by atoms with Crippen molar-refractivity contribution in [1.82, 2.24) is 10.2 Å². The van der Waals surface area contributed by atoms with Gasteiger partial charge in [-0.25, -0.2) is 0 Å². The monoisotopic (exact) mass is 252 g/mol. The van der Waals surface area contributed by atoms with E-state index in [-0.39, 0.29) is 11.9 Å². The Labute approximate surface area is 109 Å². The SMILES string of the molecule is CC1CCCCC1NC(=O)C(=O)N1CCCCC1. The molecule has 0 aromatic heterocycles. The van der Waals surface area contributed by atoms with Gasteiger partial charge in [0, 0.05) is 19.1 Å². The van der Waals surface area contributed by atoms with Crippen LogP contribution in [0.3, 0.4) is 0 Å². The summed E-state index contributed by atoms with van der Waals surface area (Å²) < 4.78 is 0. The molecule has 4 nitrogen and oxygen atoms in total. The molecule has 102 valence electrons. The highest BCUT2D eigenvalue weighted by molar-refractivity contribution is 6.35. The number of amides is 2. The molecule has 0 radical (unpaired) electrons. The third-order valence-electron chi connectivity index (χ3n) is 4.27. The Kier molecular flexibility index (Phi) is 4.61. The largest absolute Gasteiger partial charge is 0.345 e.